The predicted octanol–water partition coefficient (Wildman–Crippen LogP) is 5.54. The fourth-order valence-electron chi connectivity index (χ4n) is 1.92. The van der Waals surface area contributed by atoms with Crippen LogP contribution in [0.15, 0.2) is 54.6 Å². The zero-order valence-electron chi connectivity index (χ0n) is 11.6. The largest absolute Gasteiger partial charge is 0.416 e. The maximum absolute atomic E-state index is 12.7. The molecule has 2 aromatic carbocycles. The Bertz CT molecular complexity index is 677. The second-order valence-corrected chi connectivity index (χ2v) is 6.76. The minimum absolute atomic E-state index is 0.0991. The molecule has 0 bridgehead atoms. The number of anilines is 1. The molecule has 0 saturated heterocycles. The molecule has 0 radical (unpaired) electrons. The van der Waals surface area contributed by atoms with E-state index in [0.717, 1.165) is 17.7 Å². The molecule has 2 aromatic rings. The van der Waals surface area contributed by atoms with Gasteiger partial charge in [0, 0.05) is 5.69 Å². The maximum Gasteiger partial charge on any atom is 0.416 e. The van der Waals surface area contributed by atoms with E-state index in [4.69, 9.17) is 0 Å². The van der Waals surface area contributed by atoms with E-state index in [1.165, 1.54) is 12.1 Å². The summed E-state index contributed by atoms with van der Waals surface area (Å²) in [6.07, 6.45) is -4.45. The number of amides is 1. The van der Waals surface area contributed by atoms with E-state index >= 15 is 0 Å². The molecule has 0 fully saturated rings. The normalized spacial score (nSPS) is 14.1. The molecule has 0 aliphatic rings. The summed E-state index contributed by atoms with van der Waals surface area (Å²) in [6.45, 7) is 0. The van der Waals surface area contributed by atoms with Crippen LogP contribution in [-0.4, -0.2) is 10.7 Å². The number of benzene rings is 2. The summed E-state index contributed by atoms with van der Waals surface area (Å²) in [5.41, 5.74) is 0.176. The lowest BCUT2D eigenvalue weighted by atomic mass is 10.1. The van der Waals surface area contributed by atoms with Gasteiger partial charge in [0.25, 0.3) is 0 Å². The Morgan fingerprint density at radius 1 is 1.00 bits per heavy atom. The summed E-state index contributed by atoms with van der Waals surface area (Å²) in [7, 11) is 0. The lowest BCUT2D eigenvalue weighted by Gasteiger charge is -2.17. The molecule has 2 nitrogen and oxygen atoms in total. The first-order valence-corrected chi connectivity index (χ1v) is 8.43. The van der Waals surface area contributed by atoms with Gasteiger partial charge in [0.15, 0.2) is 0 Å². The van der Waals surface area contributed by atoms with Gasteiger partial charge in [-0.2, -0.15) is 13.2 Å². The zero-order valence-corrected chi connectivity index (χ0v) is 14.8. The fourth-order valence-corrected chi connectivity index (χ4v) is 2.89. The Kier molecular flexibility index (Phi) is 5.86. The highest BCUT2D eigenvalue weighted by molar-refractivity contribution is 9.12. The van der Waals surface area contributed by atoms with E-state index in [-0.39, 0.29) is 10.5 Å². The number of carbonyl (C=O) groups is 1. The summed E-state index contributed by atoms with van der Waals surface area (Å²) < 4.78 is 38.1. The molecule has 1 N–H and O–H groups in total. The summed E-state index contributed by atoms with van der Waals surface area (Å²) in [4.78, 5) is 11.3. The number of hydrogen-bond acceptors (Lipinski definition) is 1. The number of alkyl halides is 5. The van der Waals surface area contributed by atoms with Crippen molar-refractivity contribution in [2.24, 2.45) is 0 Å². The van der Waals surface area contributed by atoms with Gasteiger partial charge in [0.05, 0.1) is 10.4 Å². The van der Waals surface area contributed by atoms with Gasteiger partial charge in [-0.3, -0.25) is 4.79 Å². The van der Waals surface area contributed by atoms with Crippen molar-refractivity contribution in [3.05, 3.63) is 65.7 Å². The predicted molar refractivity (Wildman–Crippen MR) is 90.9 cm³/mol. The van der Waals surface area contributed by atoms with Crippen LogP contribution in [-0.2, 0) is 11.0 Å². The Morgan fingerprint density at radius 2 is 1.65 bits per heavy atom. The molecule has 0 aromatic heterocycles. The molecule has 2 atom stereocenters. The Hall–Kier alpha value is -1.34. The highest BCUT2D eigenvalue weighted by Gasteiger charge is 2.31. The molecule has 7 heteroatoms. The molecular weight excluding hydrogens is 439 g/mol. The first-order chi connectivity index (χ1) is 10.8. The van der Waals surface area contributed by atoms with Crippen LogP contribution in [0, 0.1) is 0 Å². The van der Waals surface area contributed by atoms with E-state index in [1.54, 1.807) is 0 Å². The van der Waals surface area contributed by atoms with E-state index in [1.807, 2.05) is 30.3 Å². The Morgan fingerprint density at radius 3 is 2.26 bits per heavy atom. The van der Waals surface area contributed by atoms with Crippen molar-refractivity contribution in [2.75, 3.05) is 5.32 Å². The van der Waals surface area contributed by atoms with Crippen LogP contribution in [0.5, 0.6) is 0 Å². The van der Waals surface area contributed by atoms with E-state index in [0.29, 0.717) is 0 Å². The molecule has 23 heavy (non-hydrogen) atoms. The molecule has 0 saturated carbocycles. The van der Waals surface area contributed by atoms with Crippen LogP contribution < -0.4 is 5.32 Å². The number of nitrogens with one attached hydrogen (secondary N) is 1. The van der Waals surface area contributed by atoms with E-state index < -0.39 is 22.5 Å². The van der Waals surface area contributed by atoms with Gasteiger partial charge >= 0.3 is 6.18 Å². The maximum atomic E-state index is 12.7. The third kappa shape index (κ3) is 4.81. The fraction of sp³-hybridized carbons (Fsp3) is 0.188. The zero-order chi connectivity index (χ0) is 17.0. The van der Waals surface area contributed by atoms with Crippen LogP contribution in [0.2, 0.25) is 0 Å². The quantitative estimate of drug-likeness (QED) is 0.608. The van der Waals surface area contributed by atoms with E-state index in [9.17, 15) is 18.0 Å². The number of halogens is 5. The van der Waals surface area contributed by atoms with Crippen molar-refractivity contribution in [3.8, 4) is 0 Å². The molecule has 0 heterocycles. The first-order valence-electron chi connectivity index (χ1n) is 6.60. The first kappa shape index (κ1) is 18.0. The number of carbonyl (C=O) groups excluding carboxylic acids is 1. The number of rotatable bonds is 4. The molecule has 0 aliphatic carbocycles. The van der Waals surface area contributed by atoms with Gasteiger partial charge in [0.2, 0.25) is 5.91 Å². The molecule has 122 valence electrons. The van der Waals surface area contributed by atoms with Crippen LogP contribution in [0.3, 0.4) is 0 Å². The molecule has 2 rings (SSSR count). The lowest BCUT2D eigenvalue weighted by Crippen LogP contribution is -2.26. The van der Waals surface area contributed by atoms with Gasteiger partial charge in [0.1, 0.15) is 4.83 Å². The Labute approximate surface area is 148 Å². The third-order valence-corrected chi connectivity index (χ3v) is 5.79. The lowest BCUT2D eigenvalue weighted by molar-refractivity contribution is -0.137. The van der Waals surface area contributed by atoms with Gasteiger partial charge in [-0.1, -0.05) is 68.3 Å². The Balaban J connectivity index is 2.10. The summed E-state index contributed by atoms with van der Waals surface area (Å²) in [5.74, 6) is -0.435. The van der Waals surface area contributed by atoms with Crippen LogP contribution >= 0.6 is 31.9 Å². The molecule has 1 amide bonds. The molecule has 0 spiro atoms. The second-order valence-electron chi connectivity index (χ2n) is 4.78. The summed E-state index contributed by atoms with van der Waals surface area (Å²) >= 11 is 6.70. The summed E-state index contributed by atoms with van der Waals surface area (Å²) in [5, 5.41) is 2.49. The van der Waals surface area contributed by atoms with Crippen molar-refractivity contribution in [1.82, 2.24) is 0 Å². The van der Waals surface area contributed by atoms with Crippen molar-refractivity contribution in [2.45, 2.75) is 15.8 Å². The van der Waals surface area contributed by atoms with Gasteiger partial charge in [-0.25, -0.2) is 0 Å². The van der Waals surface area contributed by atoms with Gasteiger partial charge < -0.3 is 5.32 Å². The average molecular weight is 451 g/mol. The number of hydrogen-bond donors (Lipinski definition) is 1. The van der Waals surface area contributed by atoms with Crippen molar-refractivity contribution in [3.63, 3.8) is 0 Å². The molecule has 0 aliphatic heterocycles. The minimum Gasteiger partial charge on any atom is -0.325 e. The monoisotopic (exact) mass is 449 g/mol. The minimum atomic E-state index is -4.45. The molecular formula is C16H12Br2F3NO. The van der Waals surface area contributed by atoms with Crippen molar-refractivity contribution >= 4 is 43.5 Å². The van der Waals surface area contributed by atoms with Crippen LogP contribution in [0.25, 0.3) is 0 Å². The highest BCUT2D eigenvalue weighted by Crippen LogP contribution is 2.33. The standard InChI is InChI=1S/C16H12Br2F3NO/c17-13(10-5-2-1-3-6-10)14(18)15(23)22-12-8-4-7-11(9-12)16(19,20)21/h1-9,13-14H,(H,22,23)/t13-,14+/m0/s1. The van der Waals surface area contributed by atoms with Crippen molar-refractivity contribution in [1.29, 1.82) is 0 Å². The van der Waals surface area contributed by atoms with Gasteiger partial charge in [-0.05, 0) is 23.8 Å². The third-order valence-electron chi connectivity index (χ3n) is 3.08. The highest BCUT2D eigenvalue weighted by atomic mass is 79.9. The topological polar surface area (TPSA) is 29.1 Å². The SMILES string of the molecule is O=C(Nc1cccc(C(F)(F)F)c1)[C@H](Br)[C@@H](Br)c1ccccc1. The van der Waals surface area contributed by atoms with Crippen LogP contribution in [0.1, 0.15) is 16.0 Å². The summed E-state index contributed by atoms with van der Waals surface area (Å²) in [6, 6.07) is 13.8. The van der Waals surface area contributed by atoms with Gasteiger partial charge in [-0.15, -0.1) is 0 Å². The smallest absolute Gasteiger partial charge is 0.325 e. The average Bonchev–Trinajstić information content (AvgIpc) is 2.53. The second kappa shape index (κ2) is 7.49. The molecule has 0 unspecified atom stereocenters. The van der Waals surface area contributed by atoms with E-state index in [2.05, 4.69) is 37.2 Å². The van der Waals surface area contributed by atoms with Crippen molar-refractivity contribution < 1.29 is 18.0 Å². The van der Waals surface area contributed by atoms with Crippen LogP contribution in [0.4, 0.5) is 18.9 Å².